The number of carbonyl (C=O) groups is 1. The Morgan fingerprint density at radius 1 is 1.16 bits per heavy atom. The molecule has 3 aromatic rings. The van der Waals surface area contributed by atoms with Gasteiger partial charge < -0.3 is 5.11 Å². The van der Waals surface area contributed by atoms with Gasteiger partial charge in [0.1, 0.15) is 11.3 Å². The summed E-state index contributed by atoms with van der Waals surface area (Å²) in [4.78, 5) is 15.7. The molecular weight excluding hydrogens is 240 g/mol. The van der Waals surface area contributed by atoms with E-state index in [1.165, 1.54) is 0 Å². The number of rotatable bonds is 2. The second kappa shape index (κ2) is 4.24. The quantitative estimate of drug-likeness (QED) is 0.762. The summed E-state index contributed by atoms with van der Waals surface area (Å²) in [6.07, 6.45) is 1.76. The minimum atomic E-state index is -0.959. The van der Waals surface area contributed by atoms with Crippen LogP contribution in [0, 0.1) is 6.92 Å². The third-order valence-corrected chi connectivity index (χ3v) is 3.13. The molecule has 3 rings (SSSR count). The number of carboxylic acids is 1. The summed E-state index contributed by atoms with van der Waals surface area (Å²) < 4.78 is 1.60. The normalized spacial score (nSPS) is 10.8. The highest BCUT2D eigenvalue weighted by Crippen LogP contribution is 2.23. The number of pyridine rings is 1. The van der Waals surface area contributed by atoms with Crippen molar-refractivity contribution < 1.29 is 9.90 Å². The number of aromatic carboxylic acids is 1. The first-order chi connectivity index (χ1) is 9.16. The number of fused-ring (bicyclic) bond motifs is 1. The molecule has 4 heteroatoms. The first-order valence-electron chi connectivity index (χ1n) is 5.94. The molecular formula is C15H12N2O2. The lowest BCUT2D eigenvalue weighted by Gasteiger charge is -2.00. The van der Waals surface area contributed by atoms with Crippen molar-refractivity contribution in [1.82, 2.24) is 9.38 Å². The fraction of sp³-hybridized carbons (Fsp3) is 0.0667. The fourth-order valence-electron chi connectivity index (χ4n) is 2.18. The highest BCUT2D eigenvalue weighted by Gasteiger charge is 2.12. The average Bonchev–Trinajstić information content (AvgIpc) is 2.82. The molecule has 0 bridgehead atoms. The van der Waals surface area contributed by atoms with Gasteiger partial charge in [0, 0.05) is 11.8 Å². The van der Waals surface area contributed by atoms with Crippen LogP contribution in [0.2, 0.25) is 0 Å². The minimum absolute atomic E-state index is 0.213. The maximum atomic E-state index is 11.2. The van der Waals surface area contributed by atoms with Crippen molar-refractivity contribution in [3.05, 3.63) is 59.9 Å². The number of nitrogens with zero attached hydrogens (tertiary/aromatic N) is 2. The molecule has 0 aliphatic carbocycles. The van der Waals surface area contributed by atoms with Gasteiger partial charge >= 0.3 is 5.97 Å². The summed E-state index contributed by atoms with van der Waals surface area (Å²) in [6, 6.07) is 13.0. The topological polar surface area (TPSA) is 54.6 Å². The molecule has 0 saturated heterocycles. The van der Waals surface area contributed by atoms with Gasteiger partial charge in [0.05, 0.1) is 5.69 Å². The fourth-order valence-corrected chi connectivity index (χ4v) is 2.18. The first-order valence-corrected chi connectivity index (χ1v) is 5.94. The van der Waals surface area contributed by atoms with Gasteiger partial charge in [-0.3, -0.25) is 4.40 Å². The molecule has 1 N–H and O–H groups in total. The molecule has 94 valence electrons. The van der Waals surface area contributed by atoms with Crippen LogP contribution in [0.1, 0.15) is 16.1 Å². The van der Waals surface area contributed by atoms with Crippen LogP contribution in [0.15, 0.2) is 48.7 Å². The van der Waals surface area contributed by atoms with Crippen LogP contribution in [-0.4, -0.2) is 20.5 Å². The number of hydrogen-bond donors (Lipinski definition) is 1. The second-order valence-electron chi connectivity index (χ2n) is 4.39. The maximum Gasteiger partial charge on any atom is 0.352 e. The molecule has 0 saturated carbocycles. The van der Waals surface area contributed by atoms with Gasteiger partial charge in [-0.15, -0.1) is 0 Å². The SMILES string of the molecule is Cc1ccccc1-c1cn2c(C(=O)O)cccc2n1. The van der Waals surface area contributed by atoms with Crippen molar-refractivity contribution in [2.75, 3.05) is 0 Å². The van der Waals surface area contributed by atoms with E-state index < -0.39 is 5.97 Å². The number of aryl methyl sites for hydroxylation is 1. The Bertz CT molecular complexity index is 775. The summed E-state index contributed by atoms with van der Waals surface area (Å²) in [5.41, 5.74) is 3.76. The number of benzene rings is 1. The van der Waals surface area contributed by atoms with E-state index in [0.29, 0.717) is 5.65 Å². The zero-order chi connectivity index (χ0) is 13.4. The summed E-state index contributed by atoms with van der Waals surface area (Å²) in [5.74, 6) is -0.959. The van der Waals surface area contributed by atoms with E-state index >= 15 is 0 Å². The standard InChI is InChI=1S/C15H12N2O2/c1-10-5-2-3-6-11(10)12-9-17-13(15(18)19)7-4-8-14(17)16-12/h2-9H,1H3,(H,18,19). The summed E-state index contributed by atoms with van der Waals surface area (Å²) in [6.45, 7) is 2.01. The van der Waals surface area contributed by atoms with Gasteiger partial charge in [-0.2, -0.15) is 0 Å². The number of aromatic nitrogens is 2. The van der Waals surface area contributed by atoms with Crippen molar-refractivity contribution in [3.63, 3.8) is 0 Å². The van der Waals surface area contributed by atoms with E-state index in [2.05, 4.69) is 4.98 Å². The lowest BCUT2D eigenvalue weighted by atomic mass is 10.1. The Morgan fingerprint density at radius 3 is 2.68 bits per heavy atom. The highest BCUT2D eigenvalue weighted by molar-refractivity contribution is 5.87. The average molecular weight is 252 g/mol. The lowest BCUT2D eigenvalue weighted by molar-refractivity contribution is 0.0689. The molecule has 1 aromatic carbocycles. The largest absolute Gasteiger partial charge is 0.477 e. The van der Waals surface area contributed by atoms with Crippen LogP contribution in [0.5, 0.6) is 0 Å². The first kappa shape index (κ1) is 11.5. The number of hydrogen-bond acceptors (Lipinski definition) is 2. The van der Waals surface area contributed by atoms with Crippen molar-refractivity contribution in [3.8, 4) is 11.3 Å². The summed E-state index contributed by atoms with van der Waals surface area (Å²) >= 11 is 0. The molecule has 2 aromatic heterocycles. The molecule has 4 nitrogen and oxygen atoms in total. The summed E-state index contributed by atoms with van der Waals surface area (Å²) in [5, 5.41) is 9.17. The minimum Gasteiger partial charge on any atom is -0.477 e. The zero-order valence-corrected chi connectivity index (χ0v) is 10.4. The van der Waals surface area contributed by atoms with Crippen LogP contribution < -0.4 is 0 Å². The highest BCUT2D eigenvalue weighted by atomic mass is 16.4. The third kappa shape index (κ3) is 1.87. The van der Waals surface area contributed by atoms with E-state index in [1.54, 1.807) is 28.8 Å². The van der Waals surface area contributed by atoms with E-state index in [9.17, 15) is 4.79 Å². The summed E-state index contributed by atoms with van der Waals surface area (Å²) in [7, 11) is 0. The third-order valence-electron chi connectivity index (χ3n) is 3.13. The zero-order valence-electron chi connectivity index (χ0n) is 10.4. The Labute approximate surface area is 110 Å². The molecule has 0 amide bonds. The van der Waals surface area contributed by atoms with E-state index in [-0.39, 0.29) is 5.69 Å². The lowest BCUT2D eigenvalue weighted by Crippen LogP contribution is -2.03. The van der Waals surface area contributed by atoms with Crippen molar-refractivity contribution in [2.45, 2.75) is 6.92 Å². The van der Waals surface area contributed by atoms with Crippen LogP contribution in [0.25, 0.3) is 16.9 Å². The second-order valence-corrected chi connectivity index (χ2v) is 4.39. The van der Waals surface area contributed by atoms with Gasteiger partial charge in [-0.25, -0.2) is 9.78 Å². The Morgan fingerprint density at radius 2 is 1.95 bits per heavy atom. The van der Waals surface area contributed by atoms with Gasteiger partial charge in [0.25, 0.3) is 0 Å². The van der Waals surface area contributed by atoms with Crippen LogP contribution in [0.4, 0.5) is 0 Å². The number of carboxylic acid groups (broad SMARTS) is 1. The van der Waals surface area contributed by atoms with Crippen molar-refractivity contribution in [1.29, 1.82) is 0 Å². The van der Waals surface area contributed by atoms with Crippen LogP contribution >= 0.6 is 0 Å². The van der Waals surface area contributed by atoms with Crippen molar-refractivity contribution in [2.24, 2.45) is 0 Å². The molecule has 0 aliphatic rings. The van der Waals surface area contributed by atoms with Crippen LogP contribution in [0.3, 0.4) is 0 Å². The van der Waals surface area contributed by atoms with Crippen molar-refractivity contribution >= 4 is 11.6 Å². The predicted octanol–water partition coefficient (Wildman–Crippen LogP) is 3.01. The van der Waals surface area contributed by atoms with Gasteiger partial charge in [0.15, 0.2) is 0 Å². The van der Waals surface area contributed by atoms with Crippen LogP contribution in [-0.2, 0) is 0 Å². The molecule has 0 fully saturated rings. The smallest absolute Gasteiger partial charge is 0.352 e. The van der Waals surface area contributed by atoms with Gasteiger partial charge in [0.2, 0.25) is 0 Å². The molecule has 0 atom stereocenters. The molecule has 0 radical (unpaired) electrons. The van der Waals surface area contributed by atoms with Gasteiger partial charge in [-0.05, 0) is 24.6 Å². The predicted molar refractivity (Wildman–Crippen MR) is 72.3 cm³/mol. The molecule has 19 heavy (non-hydrogen) atoms. The molecule has 2 heterocycles. The van der Waals surface area contributed by atoms with Gasteiger partial charge in [-0.1, -0.05) is 30.3 Å². The Balaban J connectivity index is 2.26. The molecule has 0 aliphatic heterocycles. The maximum absolute atomic E-state index is 11.2. The number of imidazole rings is 1. The Kier molecular flexibility index (Phi) is 2.56. The molecule has 0 spiro atoms. The van der Waals surface area contributed by atoms with E-state index in [1.807, 2.05) is 31.2 Å². The monoisotopic (exact) mass is 252 g/mol. The Hall–Kier alpha value is -2.62. The van der Waals surface area contributed by atoms with E-state index in [4.69, 9.17) is 5.11 Å². The van der Waals surface area contributed by atoms with E-state index in [0.717, 1.165) is 16.8 Å². The molecule has 0 unspecified atom stereocenters.